The molecule has 1 atom stereocenters. The van der Waals surface area contributed by atoms with Gasteiger partial charge in [-0.2, -0.15) is 0 Å². The van der Waals surface area contributed by atoms with Crippen LogP contribution in [0.15, 0.2) is 48.5 Å². The monoisotopic (exact) mass is 250 g/mol. The first-order chi connectivity index (χ1) is 8.59. The normalized spacial score (nSPS) is 12.7. The van der Waals surface area contributed by atoms with Gasteiger partial charge in [-0.25, -0.2) is 8.78 Å². The molecule has 0 bridgehead atoms. The van der Waals surface area contributed by atoms with E-state index in [2.05, 4.69) is 0 Å². The lowest BCUT2D eigenvalue weighted by molar-refractivity contribution is -0.00577. The lowest BCUT2D eigenvalue weighted by Crippen LogP contribution is -2.07. The van der Waals surface area contributed by atoms with E-state index < -0.39 is 12.5 Å². The zero-order valence-corrected chi connectivity index (χ0v) is 9.42. The topological polar surface area (TPSA) is 40.5 Å². The molecule has 2 rings (SSSR count). The number of aliphatic hydroxyl groups excluding tert-OH is 1. The molecule has 94 valence electrons. The molecule has 0 aliphatic rings. The van der Waals surface area contributed by atoms with Gasteiger partial charge in [0, 0.05) is 5.56 Å². The molecule has 0 spiro atoms. The highest BCUT2D eigenvalue weighted by atomic mass is 19.3. The van der Waals surface area contributed by atoms with Crippen molar-refractivity contribution in [1.82, 2.24) is 0 Å². The summed E-state index contributed by atoms with van der Waals surface area (Å²) in [5, 5.41) is 19.1. The summed E-state index contributed by atoms with van der Waals surface area (Å²) in [6.45, 7) is 0. The van der Waals surface area contributed by atoms with Crippen LogP contribution >= 0.6 is 0 Å². The molecule has 18 heavy (non-hydrogen) atoms. The number of halogens is 2. The van der Waals surface area contributed by atoms with Crippen molar-refractivity contribution in [2.75, 3.05) is 0 Å². The predicted octanol–water partition coefficient (Wildman–Crippen LogP) is 3.36. The molecule has 2 N–H and O–H groups in total. The van der Waals surface area contributed by atoms with Gasteiger partial charge in [0.15, 0.2) is 0 Å². The Hall–Kier alpha value is -1.94. The van der Waals surface area contributed by atoms with Crippen LogP contribution in [0.5, 0.6) is 5.75 Å². The van der Waals surface area contributed by atoms with Gasteiger partial charge in [-0.1, -0.05) is 36.4 Å². The van der Waals surface area contributed by atoms with Crippen LogP contribution in [-0.2, 0) is 0 Å². The van der Waals surface area contributed by atoms with Gasteiger partial charge in [0.1, 0.15) is 11.9 Å². The van der Waals surface area contributed by atoms with Crippen molar-refractivity contribution in [2.24, 2.45) is 0 Å². The van der Waals surface area contributed by atoms with Crippen LogP contribution in [0, 0.1) is 0 Å². The third-order valence-corrected chi connectivity index (χ3v) is 2.69. The van der Waals surface area contributed by atoms with Crippen LogP contribution in [0.3, 0.4) is 0 Å². The van der Waals surface area contributed by atoms with Crippen LogP contribution in [-0.4, -0.2) is 16.6 Å². The Labute approximate surface area is 103 Å². The maximum Gasteiger partial charge on any atom is 0.268 e. The van der Waals surface area contributed by atoms with E-state index in [9.17, 15) is 19.0 Å². The molecule has 0 radical (unpaired) electrons. The van der Waals surface area contributed by atoms with Crippen LogP contribution in [0.1, 0.15) is 11.7 Å². The second kappa shape index (κ2) is 5.14. The Morgan fingerprint density at radius 2 is 1.61 bits per heavy atom. The first-order valence-electron chi connectivity index (χ1n) is 5.44. The Bertz CT molecular complexity index is 527. The average molecular weight is 250 g/mol. The molecule has 0 aliphatic heterocycles. The molecule has 0 heterocycles. The molecular formula is C14H12F2O2. The molecule has 4 heteroatoms. The number of aliphatic hydroxyl groups is 1. The molecule has 0 fully saturated rings. The fraction of sp³-hybridized carbons (Fsp3) is 0.143. The van der Waals surface area contributed by atoms with E-state index in [1.165, 1.54) is 18.2 Å². The summed E-state index contributed by atoms with van der Waals surface area (Å²) < 4.78 is 24.9. The van der Waals surface area contributed by atoms with E-state index in [0.717, 1.165) is 0 Å². The van der Waals surface area contributed by atoms with Crippen LogP contribution in [0.2, 0.25) is 0 Å². The third kappa shape index (κ3) is 2.49. The van der Waals surface area contributed by atoms with Crippen molar-refractivity contribution in [1.29, 1.82) is 0 Å². The molecule has 0 saturated carbocycles. The fourth-order valence-corrected chi connectivity index (χ4v) is 1.73. The van der Waals surface area contributed by atoms with Crippen molar-refractivity contribution in [3.63, 3.8) is 0 Å². The van der Waals surface area contributed by atoms with E-state index in [-0.39, 0.29) is 11.3 Å². The van der Waals surface area contributed by atoms with Gasteiger partial charge in [-0.3, -0.25) is 0 Å². The summed E-state index contributed by atoms with van der Waals surface area (Å²) in [6, 6.07) is 12.9. The number of benzene rings is 2. The molecule has 2 aromatic rings. The number of aromatic hydroxyl groups is 1. The van der Waals surface area contributed by atoms with E-state index >= 15 is 0 Å². The molecular weight excluding hydrogens is 238 g/mol. The van der Waals surface area contributed by atoms with E-state index in [1.807, 2.05) is 6.07 Å². The Kier molecular flexibility index (Phi) is 3.58. The van der Waals surface area contributed by atoms with Crippen molar-refractivity contribution in [2.45, 2.75) is 12.5 Å². The van der Waals surface area contributed by atoms with Gasteiger partial charge in [0.25, 0.3) is 6.43 Å². The summed E-state index contributed by atoms with van der Waals surface area (Å²) in [4.78, 5) is 0. The maximum atomic E-state index is 12.4. The van der Waals surface area contributed by atoms with Gasteiger partial charge in [-0.05, 0) is 23.3 Å². The third-order valence-electron chi connectivity index (χ3n) is 2.69. The molecule has 0 saturated heterocycles. The minimum Gasteiger partial charge on any atom is -0.507 e. The highest BCUT2D eigenvalue weighted by Crippen LogP contribution is 2.32. The standard InChI is InChI=1S/C14H12F2O2/c15-14(16)13(18)10-6-7-12(17)11(8-10)9-4-2-1-3-5-9/h1-8,13-14,17-18H. The minimum absolute atomic E-state index is 0.00795. The van der Waals surface area contributed by atoms with Gasteiger partial charge in [0.05, 0.1) is 0 Å². The van der Waals surface area contributed by atoms with Crippen molar-refractivity contribution in [3.8, 4) is 16.9 Å². The quantitative estimate of drug-likeness (QED) is 0.876. The molecule has 1 unspecified atom stereocenters. The van der Waals surface area contributed by atoms with Gasteiger partial charge >= 0.3 is 0 Å². The van der Waals surface area contributed by atoms with E-state index in [1.54, 1.807) is 24.3 Å². The Balaban J connectivity index is 2.45. The number of hydrogen-bond acceptors (Lipinski definition) is 2. The number of rotatable bonds is 3. The second-order valence-electron chi connectivity index (χ2n) is 3.92. The van der Waals surface area contributed by atoms with Gasteiger partial charge in [0.2, 0.25) is 0 Å². The molecule has 0 amide bonds. The average Bonchev–Trinajstić information content (AvgIpc) is 2.39. The first kappa shape index (κ1) is 12.5. The van der Waals surface area contributed by atoms with Crippen molar-refractivity contribution >= 4 is 0 Å². The zero-order chi connectivity index (χ0) is 13.1. The summed E-state index contributed by atoms with van der Waals surface area (Å²) in [6.07, 6.45) is -4.69. The van der Waals surface area contributed by atoms with Crippen LogP contribution in [0.4, 0.5) is 8.78 Å². The number of alkyl halides is 2. The van der Waals surface area contributed by atoms with Gasteiger partial charge in [-0.15, -0.1) is 0 Å². The maximum absolute atomic E-state index is 12.4. The summed E-state index contributed by atoms with van der Waals surface area (Å²) in [7, 11) is 0. The van der Waals surface area contributed by atoms with E-state index in [0.29, 0.717) is 11.1 Å². The van der Waals surface area contributed by atoms with Gasteiger partial charge < -0.3 is 10.2 Å². The Morgan fingerprint density at radius 3 is 2.22 bits per heavy atom. The van der Waals surface area contributed by atoms with Crippen LogP contribution < -0.4 is 0 Å². The summed E-state index contributed by atoms with van der Waals surface area (Å²) in [5.41, 5.74) is 1.22. The highest BCUT2D eigenvalue weighted by Gasteiger charge is 2.20. The number of hydrogen-bond donors (Lipinski definition) is 2. The second-order valence-corrected chi connectivity index (χ2v) is 3.92. The zero-order valence-electron chi connectivity index (χ0n) is 9.42. The molecule has 0 aliphatic carbocycles. The number of phenolic OH excluding ortho intramolecular Hbond substituents is 1. The van der Waals surface area contributed by atoms with Crippen molar-refractivity contribution < 1.29 is 19.0 Å². The van der Waals surface area contributed by atoms with Crippen LogP contribution in [0.25, 0.3) is 11.1 Å². The smallest absolute Gasteiger partial charge is 0.268 e. The predicted molar refractivity (Wildman–Crippen MR) is 64.5 cm³/mol. The molecule has 2 aromatic carbocycles. The first-order valence-corrected chi connectivity index (χ1v) is 5.44. The summed E-state index contributed by atoms with van der Waals surface area (Å²) in [5.74, 6) is -0.00795. The fourth-order valence-electron chi connectivity index (χ4n) is 1.73. The molecule has 2 nitrogen and oxygen atoms in total. The largest absolute Gasteiger partial charge is 0.507 e. The lowest BCUT2D eigenvalue weighted by atomic mass is 10.00. The molecule has 0 aromatic heterocycles. The minimum atomic E-state index is -2.85. The van der Waals surface area contributed by atoms with Crippen molar-refractivity contribution in [3.05, 3.63) is 54.1 Å². The summed E-state index contributed by atoms with van der Waals surface area (Å²) >= 11 is 0. The lowest BCUT2D eigenvalue weighted by Gasteiger charge is -2.12. The highest BCUT2D eigenvalue weighted by molar-refractivity contribution is 5.70. The Morgan fingerprint density at radius 1 is 0.944 bits per heavy atom. The SMILES string of the molecule is Oc1ccc(C(O)C(F)F)cc1-c1ccccc1. The van der Waals surface area contributed by atoms with E-state index in [4.69, 9.17) is 0 Å². The number of phenols is 1.